The molecule has 6 nitrogen and oxygen atoms in total. The molecule has 0 bridgehead atoms. The smallest absolute Gasteiger partial charge is 0.335 e. The molecule has 1 aromatic heterocycles. The maximum atomic E-state index is 11.4. The molecule has 102 valence electrons. The normalized spacial score (nSPS) is 15.8. The zero-order valence-corrected chi connectivity index (χ0v) is 10.5. The summed E-state index contributed by atoms with van der Waals surface area (Å²) >= 11 is 0. The molecule has 20 heavy (non-hydrogen) atoms. The Hall–Kier alpha value is -2.63. The molecule has 3 rings (SSSR count). The summed E-state index contributed by atoms with van der Waals surface area (Å²) < 4.78 is 5.68. The van der Waals surface area contributed by atoms with Gasteiger partial charge in [-0.05, 0) is 18.2 Å². The number of aromatic nitrogens is 1. The third-order valence-corrected chi connectivity index (χ3v) is 3.38. The van der Waals surface area contributed by atoms with Gasteiger partial charge in [0.15, 0.2) is 5.60 Å². The van der Waals surface area contributed by atoms with Crippen molar-refractivity contribution in [3.05, 3.63) is 36.0 Å². The van der Waals surface area contributed by atoms with Crippen molar-refractivity contribution in [1.82, 2.24) is 4.98 Å². The van der Waals surface area contributed by atoms with Crippen molar-refractivity contribution in [3.8, 4) is 5.75 Å². The van der Waals surface area contributed by atoms with E-state index in [-0.39, 0.29) is 11.3 Å². The van der Waals surface area contributed by atoms with Crippen molar-refractivity contribution in [1.29, 1.82) is 0 Å². The fourth-order valence-corrected chi connectivity index (χ4v) is 2.08. The SMILES string of the molecule is NC(=O)C1(Oc2cc(C(=O)O)cc3cccnc23)CC1. The van der Waals surface area contributed by atoms with Crippen LogP contribution in [0.2, 0.25) is 0 Å². The molecule has 1 aliphatic carbocycles. The van der Waals surface area contributed by atoms with E-state index >= 15 is 0 Å². The molecule has 1 fully saturated rings. The lowest BCUT2D eigenvalue weighted by atomic mass is 10.1. The number of benzene rings is 1. The molecule has 1 heterocycles. The van der Waals surface area contributed by atoms with Crippen molar-refractivity contribution in [2.45, 2.75) is 18.4 Å². The molecule has 6 heteroatoms. The first-order chi connectivity index (χ1) is 9.52. The number of nitrogens with zero attached hydrogens (tertiary/aromatic N) is 1. The second-order valence-corrected chi connectivity index (χ2v) is 4.82. The van der Waals surface area contributed by atoms with Crippen molar-refractivity contribution >= 4 is 22.8 Å². The highest BCUT2D eigenvalue weighted by Gasteiger charge is 2.52. The summed E-state index contributed by atoms with van der Waals surface area (Å²) in [6.07, 6.45) is 2.65. The molecular formula is C14H12N2O4. The fraction of sp³-hybridized carbons (Fsp3) is 0.214. The van der Waals surface area contributed by atoms with E-state index in [0.717, 1.165) is 0 Å². The van der Waals surface area contributed by atoms with E-state index in [2.05, 4.69) is 4.98 Å². The number of amides is 1. The molecule has 0 spiro atoms. The highest BCUT2D eigenvalue weighted by molar-refractivity contribution is 5.96. The number of ether oxygens (including phenoxy) is 1. The van der Waals surface area contributed by atoms with Gasteiger partial charge in [0.1, 0.15) is 11.3 Å². The van der Waals surface area contributed by atoms with E-state index in [1.807, 2.05) is 0 Å². The molecule has 1 aromatic carbocycles. The minimum absolute atomic E-state index is 0.0840. The molecule has 0 aliphatic heterocycles. The standard InChI is InChI=1S/C14H12N2O4/c15-13(19)14(3-4-14)20-10-7-9(12(17)18)6-8-2-1-5-16-11(8)10/h1-2,5-7H,3-4H2,(H2,15,19)(H,17,18). The predicted octanol–water partition coefficient (Wildman–Crippen LogP) is 1.33. The van der Waals surface area contributed by atoms with Crippen molar-refractivity contribution < 1.29 is 19.4 Å². The third kappa shape index (κ3) is 1.95. The lowest BCUT2D eigenvalue weighted by molar-refractivity contribution is -0.126. The highest BCUT2D eigenvalue weighted by atomic mass is 16.5. The monoisotopic (exact) mass is 272 g/mol. The van der Waals surface area contributed by atoms with Crippen LogP contribution in [0.5, 0.6) is 5.75 Å². The van der Waals surface area contributed by atoms with Gasteiger partial charge < -0.3 is 15.6 Å². The topological polar surface area (TPSA) is 103 Å². The van der Waals surface area contributed by atoms with Crippen LogP contribution < -0.4 is 10.5 Å². The van der Waals surface area contributed by atoms with E-state index in [1.165, 1.54) is 12.1 Å². The van der Waals surface area contributed by atoms with Crippen LogP contribution in [0.15, 0.2) is 30.5 Å². The molecule has 0 radical (unpaired) electrons. The minimum atomic E-state index is -1.07. The zero-order valence-electron chi connectivity index (χ0n) is 10.5. The lowest BCUT2D eigenvalue weighted by Crippen LogP contribution is -2.36. The van der Waals surface area contributed by atoms with Gasteiger partial charge in [-0.3, -0.25) is 9.78 Å². The number of hydrogen-bond donors (Lipinski definition) is 2. The van der Waals surface area contributed by atoms with Crippen LogP contribution >= 0.6 is 0 Å². The Bertz CT molecular complexity index is 722. The first kappa shape index (κ1) is 12.4. The van der Waals surface area contributed by atoms with Crippen LogP contribution in [-0.2, 0) is 4.79 Å². The summed E-state index contributed by atoms with van der Waals surface area (Å²) in [5.41, 5.74) is 4.91. The van der Waals surface area contributed by atoms with Gasteiger partial charge in [0.25, 0.3) is 5.91 Å². The minimum Gasteiger partial charge on any atom is -0.478 e. The number of primary amides is 1. The van der Waals surface area contributed by atoms with Gasteiger partial charge >= 0.3 is 5.97 Å². The van der Waals surface area contributed by atoms with Crippen LogP contribution in [0, 0.1) is 0 Å². The molecule has 0 saturated heterocycles. The lowest BCUT2D eigenvalue weighted by Gasteiger charge is -2.16. The van der Waals surface area contributed by atoms with E-state index in [0.29, 0.717) is 23.7 Å². The van der Waals surface area contributed by atoms with Gasteiger partial charge in [0.05, 0.1) is 5.56 Å². The third-order valence-electron chi connectivity index (χ3n) is 3.38. The number of fused-ring (bicyclic) bond motifs is 1. The Kier molecular flexibility index (Phi) is 2.60. The summed E-state index contributed by atoms with van der Waals surface area (Å²) in [5.74, 6) is -1.33. The molecular weight excluding hydrogens is 260 g/mol. The van der Waals surface area contributed by atoms with E-state index in [1.54, 1.807) is 18.3 Å². The fourth-order valence-electron chi connectivity index (χ4n) is 2.08. The van der Waals surface area contributed by atoms with E-state index < -0.39 is 17.5 Å². The van der Waals surface area contributed by atoms with Crippen LogP contribution in [0.3, 0.4) is 0 Å². The molecule has 2 aromatic rings. The Morgan fingerprint density at radius 3 is 2.70 bits per heavy atom. The number of aromatic carboxylic acids is 1. The predicted molar refractivity (Wildman–Crippen MR) is 70.5 cm³/mol. The maximum Gasteiger partial charge on any atom is 0.335 e. The van der Waals surface area contributed by atoms with Crippen LogP contribution in [0.1, 0.15) is 23.2 Å². The molecule has 3 N–H and O–H groups in total. The number of pyridine rings is 1. The highest BCUT2D eigenvalue weighted by Crippen LogP contribution is 2.41. The Labute approximate surface area is 114 Å². The van der Waals surface area contributed by atoms with Gasteiger partial charge in [-0.1, -0.05) is 6.07 Å². The van der Waals surface area contributed by atoms with Gasteiger partial charge in [-0.15, -0.1) is 0 Å². The Morgan fingerprint density at radius 1 is 1.35 bits per heavy atom. The zero-order chi connectivity index (χ0) is 14.3. The number of carbonyl (C=O) groups excluding carboxylic acids is 1. The van der Waals surface area contributed by atoms with Crippen LogP contribution in [-0.4, -0.2) is 27.6 Å². The number of carbonyl (C=O) groups is 2. The van der Waals surface area contributed by atoms with E-state index in [4.69, 9.17) is 15.6 Å². The summed E-state index contributed by atoms with van der Waals surface area (Å²) in [6, 6.07) is 6.34. The Morgan fingerprint density at radius 2 is 2.10 bits per heavy atom. The van der Waals surface area contributed by atoms with Crippen LogP contribution in [0.4, 0.5) is 0 Å². The number of rotatable bonds is 4. The molecule has 0 atom stereocenters. The van der Waals surface area contributed by atoms with Gasteiger partial charge in [-0.2, -0.15) is 0 Å². The second kappa shape index (κ2) is 4.19. The van der Waals surface area contributed by atoms with Crippen molar-refractivity contribution in [2.24, 2.45) is 5.73 Å². The largest absolute Gasteiger partial charge is 0.478 e. The maximum absolute atomic E-state index is 11.4. The summed E-state index contributed by atoms with van der Waals surface area (Å²) in [4.78, 5) is 26.7. The Balaban J connectivity index is 2.13. The van der Waals surface area contributed by atoms with Crippen molar-refractivity contribution in [3.63, 3.8) is 0 Å². The average Bonchev–Trinajstić information content (AvgIpc) is 3.19. The second-order valence-electron chi connectivity index (χ2n) is 4.82. The van der Waals surface area contributed by atoms with Gasteiger partial charge in [-0.25, -0.2) is 4.79 Å². The summed E-state index contributed by atoms with van der Waals surface area (Å²) in [5, 5.41) is 9.77. The van der Waals surface area contributed by atoms with E-state index in [9.17, 15) is 9.59 Å². The first-order valence-electron chi connectivity index (χ1n) is 6.13. The van der Waals surface area contributed by atoms with Crippen molar-refractivity contribution in [2.75, 3.05) is 0 Å². The summed E-state index contributed by atoms with van der Waals surface area (Å²) in [6.45, 7) is 0. The number of nitrogens with two attached hydrogens (primary N) is 1. The molecule has 0 unspecified atom stereocenters. The summed E-state index contributed by atoms with van der Waals surface area (Å²) in [7, 11) is 0. The van der Waals surface area contributed by atoms with Gasteiger partial charge in [0.2, 0.25) is 0 Å². The van der Waals surface area contributed by atoms with Gasteiger partial charge in [0, 0.05) is 24.4 Å². The number of carboxylic acid groups (broad SMARTS) is 1. The molecule has 1 saturated carbocycles. The molecule has 1 aliphatic rings. The number of carboxylic acids is 1. The number of hydrogen-bond acceptors (Lipinski definition) is 4. The molecule has 1 amide bonds. The quantitative estimate of drug-likeness (QED) is 0.874. The first-order valence-corrected chi connectivity index (χ1v) is 6.13. The van der Waals surface area contributed by atoms with Crippen LogP contribution in [0.25, 0.3) is 10.9 Å². The average molecular weight is 272 g/mol.